The van der Waals surface area contributed by atoms with E-state index in [1.54, 1.807) is 19.1 Å². The smallest absolute Gasteiger partial charge is 0.338 e. The van der Waals surface area contributed by atoms with Crippen molar-refractivity contribution in [1.29, 1.82) is 0 Å². The zero-order chi connectivity index (χ0) is 20.2. The molecule has 1 atom stereocenters. The van der Waals surface area contributed by atoms with Crippen molar-refractivity contribution in [3.05, 3.63) is 35.0 Å². The van der Waals surface area contributed by atoms with E-state index < -0.39 is 12.0 Å². The predicted octanol–water partition coefficient (Wildman–Crippen LogP) is 2.51. The number of carbonyl (C=O) groups is 2. The third-order valence-corrected chi connectivity index (χ3v) is 5.55. The highest BCUT2D eigenvalue weighted by Gasteiger charge is 2.34. The number of carbonyl (C=O) groups excluding carboxylic acids is 2. The summed E-state index contributed by atoms with van der Waals surface area (Å²) in [6, 6.07) is 4.84. The highest BCUT2D eigenvalue weighted by atomic mass is 16.7. The number of urea groups is 1. The third-order valence-electron chi connectivity index (χ3n) is 5.55. The Labute approximate surface area is 170 Å². The summed E-state index contributed by atoms with van der Waals surface area (Å²) in [6.45, 7) is 2.60. The zero-order valence-corrected chi connectivity index (χ0v) is 16.6. The quantitative estimate of drug-likeness (QED) is 0.634. The van der Waals surface area contributed by atoms with Gasteiger partial charge in [0.1, 0.15) is 0 Å². The van der Waals surface area contributed by atoms with Gasteiger partial charge in [0, 0.05) is 18.3 Å². The normalized spacial score (nSPS) is 21.6. The fourth-order valence-electron chi connectivity index (χ4n) is 4.10. The first-order chi connectivity index (χ1) is 14.2. The lowest BCUT2D eigenvalue weighted by molar-refractivity contribution is -0.139. The highest BCUT2D eigenvalue weighted by Crippen LogP contribution is 2.37. The summed E-state index contributed by atoms with van der Waals surface area (Å²) >= 11 is 0. The van der Waals surface area contributed by atoms with E-state index in [1.165, 1.54) is 19.3 Å². The van der Waals surface area contributed by atoms with E-state index in [2.05, 4.69) is 16.0 Å². The van der Waals surface area contributed by atoms with Crippen LogP contribution in [0.2, 0.25) is 0 Å². The Hall–Kier alpha value is -2.74. The second-order valence-electron chi connectivity index (χ2n) is 7.47. The van der Waals surface area contributed by atoms with Gasteiger partial charge >= 0.3 is 12.0 Å². The largest absolute Gasteiger partial charge is 0.463 e. The summed E-state index contributed by atoms with van der Waals surface area (Å²) in [5, 5.41) is 9.16. The van der Waals surface area contributed by atoms with Gasteiger partial charge in [-0.15, -0.1) is 0 Å². The zero-order valence-electron chi connectivity index (χ0n) is 16.6. The number of ether oxygens (including phenoxy) is 3. The summed E-state index contributed by atoms with van der Waals surface area (Å²) in [7, 11) is 0. The van der Waals surface area contributed by atoms with Crippen LogP contribution in [0.5, 0.6) is 11.5 Å². The van der Waals surface area contributed by atoms with E-state index in [-0.39, 0.29) is 19.4 Å². The Morgan fingerprint density at radius 1 is 1.21 bits per heavy atom. The molecule has 8 nitrogen and oxygen atoms in total. The molecule has 3 N–H and O–H groups in total. The molecule has 1 aliphatic carbocycles. The van der Waals surface area contributed by atoms with Gasteiger partial charge in [0.25, 0.3) is 0 Å². The number of rotatable bonds is 6. The molecule has 4 rings (SSSR count). The van der Waals surface area contributed by atoms with Gasteiger partial charge in [-0.25, -0.2) is 9.59 Å². The Bertz CT molecular complexity index is 817. The summed E-state index contributed by atoms with van der Waals surface area (Å²) in [5.41, 5.74) is 1.70. The molecule has 2 aliphatic heterocycles. The van der Waals surface area contributed by atoms with Crippen molar-refractivity contribution in [2.75, 3.05) is 19.9 Å². The summed E-state index contributed by atoms with van der Waals surface area (Å²) < 4.78 is 16.1. The second-order valence-corrected chi connectivity index (χ2v) is 7.47. The molecule has 1 fully saturated rings. The van der Waals surface area contributed by atoms with Crippen LogP contribution in [0, 0.1) is 0 Å². The predicted molar refractivity (Wildman–Crippen MR) is 106 cm³/mol. The molecule has 29 heavy (non-hydrogen) atoms. The van der Waals surface area contributed by atoms with Gasteiger partial charge in [0.15, 0.2) is 11.5 Å². The topological polar surface area (TPSA) is 97.9 Å². The number of hydrogen-bond donors (Lipinski definition) is 3. The minimum atomic E-state index is -0.625. The molecular weight excluding hydrogens is 374 g/mol. The van der Waals surface area contributed by atoms with E-state index in [9.17, 15) is 9.59 Å². The van der Waals surface area contributed by atoms with Crippen LogP contribution >= 0.6 is 0 Å². The maximum Gasteiger partial charge on any atom is 0.338 e. The van der Waals surface area contributed by atoms with Gasteiger partial charge in [-0.1, -0.05) is 25.3 Å². The van der Waals surface area contributed by atoms with Gasteiger partial charge in [0.05, 0.1) is 18.2 Å². The molecule has 2 amide bonds. The molecule has 156 valence electrons. The molecule has 3 aliphatic rings. The Balaban J connectivity index is 1.64. The van der Waals surface area contributed by atoms with Gasteiger partial charge in [0.2, 0.25) is 6.79 Å². The number of hydrogen-bond acceptors (Lipinski definition) is 6. The van der Waals surface area contributed by atoms with E-state index in [0.29, 0.717) is 35.4 Å². The highest BCUT2D eigenvalue weighted by molar-refractivity contribution is 5.95. The lowest BCUT2D eigenvalue weighted by Crippen LogP contribution is -2.49. The van der Waals surface area contributed by atoms with E-state index in [4.69, 9.17) is 14.2 Å². The van der Waals surface area contributed by atoms with Crippen LogP contribution in [0.25, 0.3) is 0 Å². The monoisotopic (exact) mass is 401 g/mol. The Morgan fingerprint density at radius 3 is 2.79 bits per heavy atom. The molecule has 1 aromatic carbocycles. The molecular formula is C21H27N3O5. The van der Waals surface area contributed by atoms with Crippen LogP contribution in [0.1, 0.15) is 50.6 Å². The van der Waals surface area contributed by atoms with Crippen LogP contribution in [0.3, 0.4) is 0 Å². The summed E-state index contributed by atoms with van der Waals surface area (Å²) in [4.78, 5) is 25.2. The number of benzene rings is 1. The lowest BCUT2D eigenvalue weighted by atomic mass is 9.93. The summed E-state index contributed by atoms with van der Waals surface area (Å²) in [5.74, 6) is 0.804. The minimum absolute atomic E-state index is 0.161. The average Bonchev–Trinajstić information content (AvgIpc) is 3.20. The van der Waals surface area contributed by atoms with Crippen LogP contribution in [-0.4, -0.2) is 38.0 Å². The van der Waals surface area contributed by atoms with Gasteiger partial charge < -0.3 is 30.2 Å². The SMILES string of the molecule is CCOC(=O)C1=C(CNC2CCCCC2)NC(=O)NC1c1ccc2c(c1)OCO2. The molecule has 0 radical (unpaired) electrons. The third kappa shape index (κ3) is 4.32. The van der Waals surface area contributed by atoms with Crippen LogP contribution in [0.4, 0.5) is 4.79 Å². The van der Waals surface area contributed by atoms with Gasteiger partial charge in [-0.2, -0.15) is 0 Å². The number of nitrogens with one attached hydrogen (secondary N) is 3. The first-order valence-corrected chi connectivity index (χ1v) is 10.3. The van der Waals surface area contributed by atoms with Crippen molar-refractivity contribution in [3.63, 3.8) is 0 Å². The van der Waals surface area contributed by atoms with E-state index >= 15 is 0 Å². The Kier molecular flexibility index (Phi) is 5.89. The van der Waals surface area contributed by atoms with Gasteiger partial charge in [-0.3, -0.25) is 0 Å². The molecule has 2 heterocycles. The standard InChI is InChI=1S/C21H27N3O5/c1-2-27-20(25)18-15(11-22-14-6-4-3-5-7-14)23-21(26)24-19(18)13-8-9-16-17(10-13)29-12-28-16/h8-10,14,19,22H,2-7,11-12H2,1H3,(H2,23,24,26). The van der Waals surface area contributed by atoms with Crippen molar-refractivity contribution in [3.8, 4) is 11.5 Å². The van der Waals surface area contributed by atoms with E-state index in [1.807, 2.05) is 6.07 Å². The lowest BCUT2D eigenvalue weighted by Gasteiger charge is -2.31. The van der Waals surface area contributed by atoms with Crippen molar-refractivity contribution in [2.45, 2.75) is 51.1 Å². The number of fused-ring (bicyclic) bond motifs is 1. The first-order valence-electron chi connectivity index (χ1n) is 10.3. The molecule has 0 aromatic heterocycles. The van der Waals surface area contributed by atoms with Crippen molar-refractivity contribution >= 4 is 12.0 Å². The van der Waals surface area contributed by atoms with Crippen molar-refractivity contribution < 1.29 is 23.8 Å². The van der Waals surface area contributed by atoms with Crippen LogP contribution < -0.4 is 25.4 Å². The molecule has 1 saturated carbocycles. The molecule has 8 heteroatoms. The molecule has 0 spiro atoms. The molecule has 0 bridgehead atoms. The fraction of sp³-hybridized carbons (Fsp3) is 0.524. The van der Waals surface area contributed by atoms with E-state index in [0.717, 1.165) is 18.4 Å². The molecule has 1 aromatic rings. The maximum absolute atomic E-state index is 12.8. The van der Waals surface area contributed by atoms with Gasteiger partial charge in [-0.05, 0) is 37.5 Å². The Morgan fingerprint density at radius 2 is 2.00 bits per heavy atom. The number of esters is 1. The van der Waals surface area contributed by atoms with Crippen LogP contribution in [0.15, 0.2) is 29.5 Å². The summed E-state index contributed by atoms with van der Waals surface area (Å²) in [6.07, 6.45) is 5.89. The second kappa shape index (κ2) is 8.73. The fourth-order valence-corrected chi connectivity index (χ4v) is 4.10. The molecule has 0 saturated heterocycles. The first kappa shape index (κ1) is 19.6. The molecule has 1 unspecified atom stereocenters. The number of amides is 2. The van der Waals surface area contributed by atoms with Crippen molar-refractivity contribution in [2.24, 2.45) is 0 Å². The van der Waals surface area contributed by atoms with Crippen LogP contribution in [-0.2, 0) is 9.53 Å². The minimum Gasteiger partial charge on any atom is -0.463 e. The van der Waals surface area contributed by atoms with Crippen molar-refractivity contribution in [1.82, 2.24) is 16.0 Å². The maximum atomic E-state index is 12.8. The average molecular weight is 401 g/mol.